The van der Waals surface area contributed by atoms with Crippen molar-refractivity contribution >= 4 is 17.7 Å². The van der Waals surface area contributed by atoms with Gasteiger partial charge in [-0.2, -0.15) is 13.2 Å². The van der Waals surface area contributed by atoms with E-state index in [1.807, 2.05) is 0 Å². The molecule has 0 radical (unpaired) electrons. The number of halogens is 3. The molecule has 3 amide bonds. The van der Waals surface area contributed by atoms with Crippen molar-refractivity contribution in [3.8, 4) is 0 Å². The zero-order chi connectivity index (χ0) is 21.5. The average molecular weight is 417 g/mol. The molecule has 0 aliphatic carbocycles. The van der Waals surface area contributed by atoms with Gasteiger partial charge in [0, 0.05) is 25.2 Å². The summed E-state index contributed by atoms with van der Waals surface area (Å²) in [6.07, 6.45) is -4.67. The van der Waals surface area contributed by atoms with E-state index in [0.717, 1.165) is 16.5 Å². The van der Waals surface area contributed by atoms with Crippen LogP contribution in [0, 0.1) is 0 Å². The second-order valence-corrected chi connectivity index (χ2v) is 7.18. The van der Waals surface area contributed by atoms with Gasteiger partial charge in [0.15, 0.2) is 0 Å². The van der Waals surface area contributed by atoms with Gasteiger partial charge >= 0.3 is 6.18 Å². The molecule has 4 rings (SSSR count). The lowest BCUT2D eigenvalue weighted by atomic mass is 9.96. The Morgan fingerprint density at radius 3 is 2.50 bits per heavy atom. The number of carbonyl (C=O) groups is 3. The molecule has 0 spiro atoms. The summed E-state index contributed by atoms with van der Waals surface area (Å²) in [6, 6.07) is 10.3. The Hall–Kier alpha value is -3.36. The first-order chi connectivity index (χ1) is 14.3. The number of hydrogen-bond acceptors (Lipinski definition) is 3. The second kappa shape index (κ2) is 7.47. The van der Waals surface area contributed by atoms with Crippen molar-refractivity contribution in [2.24, 2.45) is 0 Å². The van der Waals surface area contributed by atoms with Crippen LogP contribution in [-0.2, 0) is 22.3 Å². The van der Waals surface area contributed by atoms with Gasteiger partial charge in [-0.1, -0.05) is 36.4 Å². The summed E-state index contributed by atoms with van der Waals surface area (Å²) in [4.78, 5) is 40.5. The lowest BCUT2D eigenvalue weighted by Crippen LogP contribution is -2.54. The molecule has 0 bridgehead atoms. The predicted molar refractivity (Wildman–Crippen MR) is 100 cm³/mol. The molecule has 2 aromatic rings. The Kier molecular flexibility index (Phi) is 4.97. The second-order valence-electron chi connectivity index (χ2n) is 7.18. The Morgan fingerprint density at radius 2 is 1.77 bits per heavy atom. The third kappa shape index (κ3) is 3.51. The third-order valence-corrected chi connectivity index (χ3v) is 5.32. The van der Waals surface area contributed by atoms with Crippen LogP contribution in [0.25, 0.3) is 0 Å². The molecule has 2 heterocycles. The molecule has 6 nitrogen and oxygen atoms in total. The highest BCUT2D eigenvalue weighted by Crippen LogP contribution is 2.37. The fourth-order valence-electron chi connectivity index (χ4n) is 3.93. The maximum Gasteiger partial charge on any atom is 0.416 e. The van der Waals surface area contributed by atoms with E-state index < -0.39 is 29.6 Å². The zero-order valence-corrected chi connectivity index (χ0v) is 15.8. The number of piperazine rings is 1. The number of hydrogen-bond donors (Lipinski definition) is 1. The normalized spacial score (nSPS) is 19.0. The SMILES string of the molecule is O=C1NCCN(C(=O)CN2Cc3ccccc3C2=O)C1c1ccccc1C(F)(F)F. The molecule has 1 N–H and O–H groups in total. The van der Waals surface area contributed by atoms with E-state index >= 15 is 0 Å². The molecule has 156 valence electrons. The molecule has 9 heteroatoms. The Bertz CT molecular complexity index is 1020. The summed E-state index contributed by atoms with van der Waals surface area (Å²) in [5.41, 5.74) is 0.0346. The van der Waals surface area contributed by atoms with Gasteiger partial charge in [-0.05, 0) is 23.3 Å². The lowest BCUT2D eigenvalue weighted by Gasteiger charge is -2.37. The zero-order valence-electron chi connectivity index (χ0n) is 15.8. The van der Waals surface area contributed by atoms with Crippen molar-refractivity contribution in [2.75, 3.05) is 19.6 Å². The molecule has 30 heavy (non-hydrogen) atoms. The van der Waals surface area contributed by atoms with Crippen LogP contribution in [0.2, 0.25) is 0 Å². The number of alkyl halides is 3. The van der Waals surface area contributed by atoms with Crippen LogP contribution >= 0.6 is 0 Å². The summed E-state index contributed by atoms with van der Waals surface area (Å²) in [5.74, 6) is -1.57. The summed E-state index contributed by atoms with van der Waals surface area (Å²) >= 11 is 0. The standard InChI is InChI=1S/C21H18F3N3O3/c22-21(23,24)16-8-4-3-7-15(16)18-19(29)25-9-10-27(18)17(28)12-26-11-13-5-1-2-6-14(13)20(26)30/h1-8,18H,9-12H2,(H,25,29). The Morgan fingerprint density at radius 1 is 1.07 bits per heavy atom. The summed E-state index contributed by atoms with van der Waals surface area (Å²) < 4.78 is 40.5. The quantitative estimate of drug-likeness (QED) is 0.834. The molecule has 0 saturated carbocycles. The van der Waals surface area contributed by atoms with Crippen molar-refractivity contribution in [3.05, 3.63) is 70.8 Å². The molecule has 1 atom stereocenters. The number of benzene rings is 2. The molecule has 1 unspecified atom stereocenters. The van der Waals surface area contributed by atoms with Crippen LogP contribution in [0.1, 0.15) is 33.1 Å². The van der Waals surface area contributed by atoms with Gasteiger partial charge in [0.25, 0.3) is 5.91 Å². The number of amides is 3. The van der Waals surface area contributed by atoms with Gasteiger partial charge in [-0.3, -0.25) is 14.4 Å². The Balaban J connectivity index is 1.61. The van der Waals surface area contributed by atoms with E-state index in [0.29, 0.717) is 5.56 Å². The molecule has 1 saturated heterocycles. The largest absolute Gasteiger partial charge is 0.416 e. The van der Waals surface area contributed by atoms with Crippen molar-refractivity contribution in [2.45, 2.75) is 18.8 Å². The number of nitrogens with one attached hydrogen (secondary N) is 1. The van der Waals surface area contributed by atoms with Crippen LogP contribution in [0.5, 0.6) is 0 Å². The fraction of sp³-hybridized carbons (Fsp3) is 0.286. The van der Waals surface area contributed by atoms with Gasteiger partial charge in [-0.15, -0.1) is 0 Å². The lowest BCUT2D eigenvalue weighted by molar-refractivity contribution is -0.147. The maximum atomic E-state index is 13.5. The van der Waals surface area contributed by atoms with E-state index in [-0.39, 0.29) is 37.6 Å². The molecular weight excluding hydrogens is 399 g/mol. The van der Waals surface area contributed by atoms with Gasteiger partial charge in [0.2, 0.25) is 11.8 Å². The topological polar surface area (TPSA) is 69.7 Å². The smallest absolute Gasteiger partial charge is 0.352 e. The molecule has 0 aromatic heterocycles. The first kappa shape index (κ1) is 19.9. The fourth-order valence-corrected chi connectivity index (χ4v) is 3.93. The van der Waals surface area contributed by atoms with Crippen molar-refractivity contribution < 1.29 is 27.6 Å². The van der Waals surface area contributed by atoms with Gasteiger partial charge in [-0.25, -0.2) is 0 Å². The number of carbonyl (C=O) groups excluding carboxylic acids is 3. The van der Waals surface area contributed by atoms with Gasteiger partial charge < -0.3 is 15.1 Å². The van der Waals surface area contributed by atoms with Crippen molar-refractivity contribution in [3.63, 3.8) is 0 Å². The molecular formula is C21H18F3N3O3. The maximum absolute atomic E-state index is 13.5. The van der Waals surface area contributed by atoms with Crippen LogP contribution in [0.4, 0.5) is 13.2 Å². The van der Waals surface area contributed by atoms with Crippen LogP contribution in [0.15, 0.2) is 48.5 Å². The summed E-state index contributed by atoms with van der Waals surface area (Å²) in [6.45, 7) is 0.107. The van der Waals surface area contributed by atoms with Crippen molar-refractivity contribution in [1.29, 1.82) is 0 Å². The molecule has 2 aliphatic rings. The van der Waals surface area contributed by atoms with E-state index in [4.69, 9.17) is 0 Å². The van der Waals surface area contributed by atoms with E-state index in [1.54, 1.807) is 24.3 Å². The minimum absolute atomic E-state index is 0.0520. The highest BCUT2D eigenvalue weighted by molar-refractivity contribution is 6.00. The third-order valence-electron chi connectivity index (χ3n) is 5.32. The summed E-state index contributed by atoms with van der Waals surface area (Å²) in [5, 5.41) is 2.53. The number of fused-ring (bicyclic) bond motifs is 1. The minimum atomic E-state index is -4.67. The molecule has 1 fully saturated rings. The van der Waals surface area contributed by atoms with Crippen molar-refractivity contribution in [1.82, 2.24) is 15.1 Å². The van der Waals surface area contributed by atoms with Crippen LogP contribution < -0.4 is 5.32 Å². The van der Waals surface area contributed by atoms with Crippen LogP contribution in [-0.4, -0.2) is 47.2 Å². The molecule has 2 aromatic carbocycles. The van der Waals surface area contributed by atoms with E-state index in [2.05, 4.69) is 5.32 Å². The summed E-state index contributed by atoms with van der Waals surface area (Å²) in [7, 11) is 0. The van der Waals surface area contributed by atoms with E-state index in [9.17, 15) is 27.6 Å². The highest BCUT2D eigenvalue weighted by atomic mass is 19.4. The van der Waals surface area contributed by atoms with E-state index in [1.165, 1.54) is 23.1 Å². The monoisotopic (exact) mass is 417 g/mol. The highest BCUT2D eigenvalue weighted by Gasteiger charge is 2.42. The van der Waals surface area contributed by atoms with Crippen LogP contribution in [0.3, 0.4) is 0 Å². The minimum Gasteiger partial charge on any atom is -0.352 e. The average Bonchev–Trinajstić information content (AvgIpc) is 3.03. The predicted octanol–water partition coefficient (Wildman–Crippen LogP) is 2.36. The first-order valence-corrected chi connectivity index (χ1v) is 9.38. The van der Waals surface area contributed by atoms with Gasteiger partial charge in [0.05, 0.1) is 5.56 Å². The number of nitrogens with zero attached hydrogens (tertiary/aromatic N) is 2. The first-order valence-electron chi connectivity index (χ1n) is 9.38. The molecule has 2 aliphatic heterocycles. The Labute approximate surface area is 170 Å². The number of rotatable bonds is 3. The van der Waals surface area contributed by atoms with Gasteiger partial charge in [0.1, 0.15) is 12.6 Å².